The smallest absolute Gasteiger partial charge is 0.248 e. The summed E-state index contributed by atoms with van der Waals surface area (Å²) in [5, 5.41) is 11.6. The van der Waals surface area contributed by atoms with Gasteiger partial charge in [0.05, 0.1) is 11.6 Å². The molecule has 0 heterocycles. The van der Waals surface area contributed by atoms with Crippen LogP contribution in [0.3, 0.4) is 0 Å². The fraction of sp³-hybridized carbons (Fsp3) is 0.158. The summed E-state index contributed by atoms with van der Waals surface area (Å²) in [7, 11) is 0. The molecule has 110 valence electrons. The first-order chi connectivity index (χ1) is 10.6. The summed E-state index contributed by atoms with van der Waals surface area (Å²) in [5.41, 5.74) is 3.46. The molecule has 0 saturated heterocycles. The summed E-state index contributed by atoms with van der Waals surface area (Å²) < 4.78 is 0. The Bertz CT molecular complexity index is 722. The van der Waals surface area contributed by atoms with E-state index in [1.807, 2.05) is 36.4 Å². The van der Waals surface area contributed by atoms with Crippen LogP contribution in [-0.4, -0.2) is 5.91 Å². The van der Waals surface area contributed by atoms with E-state index < -0.39 is 0 Å². The molecule has 2 rings (SSSR count). The fourth-order valence-corrected chi connectivity index (χ4v) is 2.00. The molecule has 0 atom stereocenters. The molecule has 0 aliphatic carbocycles. The quantitative estimate of drug-likeness (QED) is 0.852. The van der Waals surface area contributed by atoms with Gasteiger partial charge < -0.3 is 5.32 Å². The monoisotopic (exact) mass is 290 g/mol. The van der Waals surface area contributed by atoms with Crippen LogP contribution >= 0.6 is 0 Å². The van der Waals surface area contributed by atoms with Crippen molar-refractivity contribution >= 4 is 17.7 Å². The van der Waals surface area contributed by atoms with Gasteiger partial charge in [-0.2, -0.15) is 5.26 Å². The molecule has 0 unspecified atom stereocenters. The molecule has 0 saturated carbocycles. The van der Waals surface area contributed by atoms with Gasteiger partial charge in [0.25, 0.3) is 0 Å². The number of nitriles is 1. The molecule has 3 nitrogen and oxygen atoms in total. The Balaban J connectivity index is 2.01. The molecule has 0 aliphatic heterocycles. The van der Waals surface area contributed by atoms with Crippen molar-refractivity contribution in [3.8, 4) is 6.07 Å². The zero-order valence-electron chi connectivity index (χ0n) is 12.7. The van der Waals surface area contributed by atoms with Crippen molar-refractivity contribution in [3.05, 3.63) is 71.3 Å². The van der Waals surface area contributed by atoms with E-state index in [1.165, 1.54) is 11.6 Å². The van der Waals surface area contributed by atoms with Crippen LogP contribution < -0.4 is 5.32 Å². The van der Waals surface area contributed by atoms with Gasteiger partial charge in [0.15, 0.2) is 0 Å². The second-order valence-electron chi connectivity index (χ2n) is 5.34. The summed E-state index contributed by atoms with van der Waals surface area (Å²) in [5.74, 6) is 0.247. The summed E-state index contributed by atoms with van der Waals surface area (Å²) in [4.78, 5) is 11.9. The van der Waals surface area contributed by atoms with Crippen molar-refractivity contribution in [3.63, 3.8) is 0 Å². The average molecular weight is 290 g/mol. The number of hydrogen-bond donors (Lipinski definition) is 1. The topological polar surface area (TPSA) is 52.9 Å². The minimum absolute atomic E-state index is 0.176. The van der Waals surface area contributed by atoms with Crippen LogP contribution in [0.15, 0.2) is 54.6 Å². The minimum Gasteiger partial charge on any atom is -0.323 e. The predicted octanol–water partition coefficient (Wildman–Crippen LogP) is 4.33. The van der Waals surface area contributed by atoms with Gasteiger partial charge in [-0.1, -0.05) is 38.1 Å². The highest BCUT2D eigenvalue weighted by Gasteiger charge is 2.02. The lowest BCUT2D eigenvalue weighted by molar-refractivity contribution is -0.111. The third-order valence-corrected chi connectivity index (χ3v) is 3.29. The predicted molar refractivity (Wildman–Crippen MR) is 89.4 cm³/mol. The van der Waals surface area contributed by atoms with Crippen molar-refractivity contribution in [2.45, 2.75) is 19.8 Å². The van der Waals surface area contributed by atoms with E-state index in [2.05, 4.69) is 25.2 Å². The van der Waals surface area contributed by atoms with Gasteiger partial charge in [-0.25, -0.2) is 0 Å². The molecule has 22 heavy (non-hydrogen) atoms. The first-order valence-electron chi connectivity index (χ1n) is 7.17. The maximum absolute atomic E-state index is 11.9. The number of carbonyl (C=O) groups is 1. The molecule has 0 aromatic heterocycles. The Kier molecular flexibility index (Phi) is 5.11. The molecule has 0 spiro atoms. The Morgan fingerprint density at radius 1 is 1.18 bits per heavy atom. The van der Waals surface area contributed by atoms with Crippen molar-refractivity contribution in [2.24, 2.45) is 0 Å². The molecule has 1 N–H and O–H groups in total. The fourth-order valence-electron chi connectivity index (χ4n) is 2.00. The zero-order chi connectivity index (χ0) is 15.9. The van der Waals surface area contributed by atoms with E-state index >= 15 is 0 Å². The lowest BCUT2D eigenvalue weighted by atomic mass is 10.0. The van der Waals surface area contributed by atoms with E-state index in [4.69, 9.17) is 5.26 Å². The van der Waals surface area contributed by atoms with E-state index in [1.54, 1.807) is 18.2 Å². The van der Waals surface area contributed by atoms with Crippen LogP contribution in [0.4, 0.5) is 5.69 Å². The number of rotatable bonds is 4. The Morgan fingerprint density at radius 3 is 2.55 bits per heavy atom. The number of carbonyl (C=O) groups excluding carboxylic acids is 1. The minimum atomic E-state index is -0.176. The second kappa shape index (κ2) is 7.24. The molecule has 2 aromatic rings. The number of nitrogens with zero attached hydrogens (tertiary/aromatic N) is 1. The zero-order valence-corrected chi connectivity index (χ0v) is 12.7. The van der Waals surface area contributed by atoms with Crippen LogP contribution in [0.1, 0.15) is 36.5 Å². The van der Waals surface area contributed by atoms with Gasteiger partial charge in [0, 0.05) is 11.8 Å². The number of anilines is 1. The number of hydrogen-bond acceptors (Lipinski definition) is 2. The molecular formula is C19H18N2O. The van der Waals surface area contributed by atoms with Gasteiger partial charge in [0.2, 0.25) is 5.91 Å². The van der Waals surface area contributed by atoms with Crippen molar-refractivity contribution in [2.75, 3.05) is 5.32 Å². The van der Waals surface area contributed by atoms with Gasteiger partial charge in [-0.3, -0.25) is 4.79 Å². The molecule has 0 fully saturated rings. The standard InChI is InChI=1S/C19H18N2O/c1-14(2)17-4-3-5-18(12-17)21-19(22)11-10-15-6-8-16(13-20)9-7-15/h3-12,14H,1-2H3,(H,21,22)/b11-10+. The summed E-state index contributed by atoms with van der Waals surface area (Å²) in [6, 6.07) is 17.0. The highest BCUT2D eigenvalue weighted by Crippen LogP contribution is 2.18. The maximum Gasteiger partial charge on any atom is 0.248 e. The van der Waals surface area contributed by atoms with Crippen LogP contribution in [0, 0.1) is 11.3 Å². The maximum atomic E-state index is 11.9. The van der Waals surface area contributed by atoms with Crippen LogP contribution in [0.2, 0.25) is 0 Å². The SMILES string of the molecule is CC(C)c1cccc(NC(=O)/C=C/c2ccc(C#N)cc2)c1. The third-order valence-electron chi connectivity index (χ3n) is 3.29. The van der Waals surface area contributed by atoms with Crippen molar-refractivity contribution < 1.29 is 4.79 Å². The van der Waals surface area contributed by atoms with Gasteiger partial charge in [0.1, 0.15) is 0 Å². The summed E-state index contributed by atoms with van der Waals surface area (Å²) in [6.07, 6.45) is 3.21. The highest BCUT2D eigenvalue weighted by atomic mass is 16.1. The van der Waals surface area contributed by atoms with Gasteiger partial charge in [-0.15, -0.1) is 0 Å². The molecule has 3 heteroatoms. The molecule has 2 aromatic carbocycles. The third kappa shape index (κ3) is 4.32. The van der Waals surface area contributed by atoms with E-state index in [0.717, 1.165) is 11.3 Å². The van der Waals surface area contributed by atoms with E-state index in [-0.39, 0.29) is 5.91 Å². The molecular weight excluding hydrogens is 272 g/mol. The molecule has 1 amide bonds. The molecule has 0 aliphatic rings. The van der Waals surface area contributed by atoms with Crippen LogP contribution in [0.25, 0.3) is 6.08 Å². The lowest BCUT2D eigenvalue weighted by Crippen LogP contribution is -2.08. The Morgan fingerprint density at radius 2 is 1.91 bits per heavy atom. The van der Waals surface area contributed by atoms with E-state index in [9.17, 15) is 4.79 Å². The number of nitrogens with one attached hydrogen (secondary N) is 1. The average Bonchev–Trinajstić information content (AvgIpc) is 2.53. The summed E-state index contributed by atoms with van der Waals surface area (Å²) in [6.45, 7) is 4.23. The molecule has 0 bridgehead atoms. The van der Waals surface area contributed by atoms with Crippen molar-refractivity contribution in [1.82, 2.24) is 0 Å². The first kappa shape index (κ1) is 15.5. The van der Waals surface area contributed by atoms with Crippen LogP contribution in [-0.2, 0) is 4.79 Å². The van der Waals surface area contributed by atoms with Crippen LogP contribution in [0.5, 0.6) is 0 Å². The Labute approximate surface area is 130 Å². The number of benzene rings is 2. The normalized spacial score (nSPS) is 10.6. The van der Waals surface area contributed by atoms with E-state index in [0.29, 0.717) is 11.5 Å². The van der Waals surface area contributed by atoms with Gasteiger partial charge in [-0.05, 0) is 47.4 Å². The van der Waals surface area contributed by atoms with Crippen molar-refractivity contribution in [1.29, 1.82) is 5.26 Å². The van der Waals surface area contributed by atoms with Gasteiger partial charge >= 0.3 is 0 Å². The first-order valence-corrected chi connectivity index (χ1v) is 7.17. The highest BCUT2D eigenvalue weighted by molar-refractivity contribution is 6.01. The number of amides is 1. The largest absolute Gasteiger partial charge is 0.323 e. The molecule has 0 radical (unpaired) electrons. The second-order valence-corrected chi connectivity index (χ2v) is 5.34. The Hall–Kier alpha value is -2.86. The summed E-state index contributed by atoms with van der Waals surface area (Å²) >= 11 is 0. The lowest BCUT2D eigenvalue weighted by Gasteiger charge is -2.08.